The number of para-hydroxylation sites is 1. The van der Waals surface area contributed by atoms with E-state index >= 15 is 0 Å². The zero-order valence-corrected chi connectivity index (χ0v) is 11.0. The Hall–Kier alpha value is -2.62. The summed E-state index contributed by atoms with van der Waals surface area (Å²) in [7, 11) is 1.75. The molecule has 0 saturated carbocycles. The maximum absolute atomic E-state index is 12.5. The van der Waals surface area contributed by atoms with Crippen molar-refractivity contribution in [1.29, 1.82) is 0 Å². The molecule has 1 unspecified atom stereocenters. The lowest BCUT2D eigenvalue weighted by molar-refractivity contribution is -0.119. The van der Waals surface area contributed by atoms with Crippen LogP contribution >= 0.6 is 0 Å². The van der Waals surface area contributed by atoms with Gasteiger partial charge in [-0.1, -0.05) is 30.3 Å². The second-order valence-electron chi connectivity index (χ2n) is 4.73. The lowest BCUT2D eigenvalue weighted by atomic mass is 10.1. The van der Waals surface area contributed by atoms with Gasteiger partial charge in [0, 0.05) is 18.8 Å². The van der Waals surface area contributed by atoms with Crippen LogP contribution in [0.5, 0.6) is 5.75 Å². The fourth-order valence-electron chi connectivity index (χ4n) is 2.31. The average molecular weight is 266 g/mol. The van der Waals surface area contributed by atoms with Gasteiger partial charge in [0.25, 0.3) is 5.91 Å². The van der Waals surface area contributed by atoms with E-state index in [0.29, 0.717) is 0 Å². The second kappa shape index (κ2) is 4.81. The van der Waals surface area contributed by atoms with Crippen molar-refractivity contribution in [3.8, 4) is 5.75 Å². The molecule has 2 aromatic carbocycles. The number of carbonyl (C=O) groups is 1. The number of hydrogen-bond acceptors (Lipinski definition) is 3. The van der Waals surface area contributed by atoms with Gasteiger partial charge in [-0.2, -0.15) is 0 Å². The Morgan fingerprint density at radius 3 is 2.55 bits per heavy atom. The fourth-order valence-corrected chi connectivity index (χ4v) is 2.31. The monoisotopic (exact) mass is 266 g/mol. The van der Waals surface area contributed by atoms with Gasteiger partial charge in [0.05, 0.1) is 5.69 Å². The van der Waals surface area contributed by atoms with E-state index in [0.717, 1.165) is 16.8 Å². The van der Waals surface area contributed by atoms with Crippen LogP contribution in [-0.2, 0) is 4.79 Å². The van der Waals surface area contributed by atoms with E-state index in [1.165, 1.54) is 0 Å². The van der Waals surface area contributed by atoms with Crippen LogP contribution in [0.25, 0.3) is 0 Å². The second-order valence-corrected chi connectivity index (χ2v) is 4.73. The Labute approximate surface area is 117 Å². The van der Waals surface area contributed by atoms with Gasteiger partial charge in [-0.05, 0) is 23.8 Å². The number of benzene rings is 2. The molecule has 4 nitrogen and oxygen atoms in total. The van der Waals surface area contributed by atoms with E-state index in [-0.39, 0.29) is 11.7 Å². The first-order valence-corrected chi connectivity index (χ1v) is 6.35. The molecule has 3 rings (SSSR count). The molecule has 1 aliphatic rings. The summed E-state index contributed by atoms with van der Waals surface area (Å²) in [5, 5.41) is 9.34. The topological polar surface area (TPSA) is 52.9 Å². The van der Waals surface area contributed by atoms with Crippen LogP contribution in [0.1, 0.15) is 17.2 Å². The van der Waals surface area contributed by atoms with Crippen LogP contribution in [0.2, 0.25) is 0 Å². The Morgan fingerprint density at radius 1 is 1.10 bits per heavy atom. The van der Waals surface area contributed by atoms with E-state index in [1.54, 1.807) is 42.4 Å². The molecular formula is C16H14N2O2. The van der Waals surface area contributed by atoms with Gasteiger partial charge in [-0.3, -0.25) is 9.79 Å². The molecule has 20 heavy (non-hydrogen) atoms. The highest BCUT2D eigenvalue weighted by Crippen LogP contribution is 2.29. The smallest absolute Gasteiger partial charge is 0.256 e. The van der Waals surface area contributed by atoms with Crippen LogP contribution in [0, 0.1) is 0 Å². The van der Waals surface area contributed by atoms with Gasteiger partial charge in [-0.25, -0.2) is 0 Å². The molecule has 0 spiro atoms. The third kappa shape index (κ3) is 2.05. The molecule has 2 aromatic rings. The summed E-state index contributed by atoms with van der Waals surface area (Å²) in [4.78, 5) is 18.6. The van der Waals surface area contributed by atoms with Gasteiger partial charge in [-0.15, -0.1) is 0 Å². The molecule has 0 saturated heterocycles. The molecule has 1 atom stereocenters. The molecule has 100 valence electrons. The minimum atomic E-state index is -0.576. The van der Waals surface area contributed by atoms with E-state index < -0.39 is 6.04 Å². The molecule has 1 amide bonds. The predicted molar refractivity (Wildman–Crippen MR) is 78.3 cm³/mol. The van der Waals surface area contributed by atoms with Crippen LogP contribution < -0.4 is 4.90 Å². The summed E-state index contributed by atoms with van der Waals surface area (Å²) < 4.78 is 0. The maximum atomic E-state index is 12.5. The standard InChI is InChI=1S/C16H14N2O2/c1-18-14-5-3-2-4-12(14)10-17-15(16(18)20)11-6-8-13(19)9-7-11/h2-10,15,19H,1H3. The van der Waals surface area contributed by atoms with E-state index in [4.69, 9.17) is 0 Å². The number of anilines is 1. The van der Waals surface area contributed by atoms with Crippen molar-refractivity contribution in [3.05, 3.63) is 59.7 Å². The number of aromatic hydroxyl groups is 1. The zero-order valence-electron chi connectivity index (χ0n) is 11.0. The zero-order chi connectivity index (χ0) is 14.1. The van der Waals surface area contributed by atoms with Crippen molar-refractivity contribution in [3.63, 3.8) is 0 Å². The minimum Gasteiger partial charge on any atom is -0.508 e. The van der Waals surface area contributed by atoms with Crippen LogP contribution in [-0.4, -0.2) is 24.3 Å². The van der Waals surface area contributed by atoms with Gasteiger partial charge in [0.1, 0.15) is 5.75 Å². The number of phenolic OH excluding ortho intramolecular Hbond substituents is 1. The van der Waals surface area contributed by atoms with Crippen LogP contribution in [0.15, 0.2) is 53.5 Å². The summed E-state index contributed by atoms with van der Waals surface area (Å²) in [6.45, 7) is 0. The SMILES string of the molecule is CN1C(=O)C(c2ccc(O)cc2)N=Cc2ccccc21. The molecule has 1 heterocycles. The van der Waals surface area contributed by atoms with Crippen molar-refractivity contribution >= 4 is 17.8 Å². The Morgan fingerprint density at radius 2 is 1.80 bits per heavy atom. The van der Waals surface area contributed by atoms with E-state index in [2.05, 4.69) is 4.99 Å². The minimum absolute atomic E-state index is 0.0862. The number of benzodiazepines with no additional fused rings is 1. The highest BCUT2D eigenvalue weighted by atomic mass is 16.3. The first-order chi connectivity index (χ1) is 9.66. The number of carbonyl (C=O) groups excluding carboxylic acids is 1. The number of nitrogens with zero attached hydrogens (tertiary/aromatic N) is 2. The van der Waals surface area contributed by atoms with Crippen molar-refractivity contribution in [2.45, 2.75) is 6.04 Å². The first-order valence-electron chi connectivity index (χ1n) is 6.35. The fraction of sp³-hybridized carbons (Fsp3) is 0.125. The van der Waals surface area contributed by atoms with Crippen molar-refractivity contribution in [2.24, 2.45) is 4.99 Å². The molecule has 0 aromatic heterocycles. The van der Waals surface area contributed by atoms with Gasteiger partial charge >= 0.3 is 0 Å². The number of hydrogen-bond donors (Lipinski definition) is 1. The lowest BCUT2D eigenvalue weighted by Crippen LogP contribution is -2.30. The number of amides is 1. The van der Waals surface area contributed by atoms with E-state index in [9.17, 15) is 9.90 Å². The highest BCUT2D eigenvalue weighted by molar-refractivity contribution is 6.05. The van der Waals surface area contributed by atoms with Crippen LogP contribution in [0.4, 0.5) is 5.69 Å². The van der Waals surface area contributed by atoms with Crippen molar-refractivity contribution in [1.82, 2.24) is 0 Å². The lowest BCUT2D eigenvalue weighted by Gasteiger charge is -2.20. The summed E-state index contributed by atoms with van der Waals surface area (Å²) in [6, 6.07) is 13.7. The normalized spacial score (nSPS) is 17.8. The Kier molecular flexibility index (Phi) is 2.99. The Balaban J connectivity index is 2.04. The van der Waals surface area contributed by atoms with Crippen molar-refractivity contribution in [2.75, 3.05) is 11.9 Å². The molecule has 1 aliphatic heterocycles. The summed E-state index contributed by atoms with van der Waals surface area (Å²) in [5.41, 5.74) is 2.54. The third-order valence-corrected chi connectivity index (χ3v) is 3.43. The van der Waals surface area contributed by atoms with Crippen molar-refractivity contribution < 1.29 is 9.90 Å². The first kappa shape index (κ1) is 12.4. The molecule has 0 radical (unpaired) electrons. The number of rotatable bonds is 1. The van der Waals surface area contributed by atoms with Gasteiger partial charge in [0.15, 0.2) is 6.04 Å². The van der Waals surface area contributed by atoms with E-state index in [1.807, 2.05) is 24.3 Å². The molecule has 4 heteroatoms. The Bertz CT molecular complexity index is 677. The largest absolute Gasteiger partial charge is 0.508 e. The molecular weight excluding hydrogens is 252 g/mol. The molecule has 0 aliphatic carbocycles. The molecule has 0 bridgehead atoms. The quantitative estimate of drug-likeness (QED) is 0.862. The number of likely N-dealkylation sites (N-methyl/N-ethyl adjacent to an activating group) is 1. The molecule has 1 N–H and O–H groups in total. The van der Waals surface area contributed by atoms with Gasteiger partial charge < -0.3 is 10.0 Å². The van der Waals surface area contributed by atoms with Crippen LogP contribution in [0.3, 0.4) is 0 Å². The van der Waals surface area contributed by atoms with Gasteiger partial charge in [0.2, 0.25) is 0 Å². The highest BCUT2D eigenvalue weighted by Gasteiger charge is 2.27. The summed E-state index contributed by atoms with van der Waals surface area (Å²) in [6.07, 6.45) is 1.73. The number of phenols is 1. The maximum Gasteiger partial charge on any atom is 0.256 e. The third-order valence-electron chi connectivity index (χ3n) is 3.43. The summed E-state index contributed by atoms with van der Waals surface area (Å²) >= 11 is 0. The average Bonchev–Trinajstić information content (AvgIpc) is 2.59. The number of aliphatic imine (C=N–C) groups is 1. The predicted octanol–water partition coefficient (Wildman–Crippen LogP) is 2.53. The molecule has 0 fully saturated rings. The summed E-state index contributed by atoms with van der Waals surface area (Å²) in [5.74, 6) is 0.0901. The number of fused-ring (bicyclic) bond motifs is 1.